The molecule has 0 amide bonds. The number of aromatic nitrogens is 4. The van der Waals surface area contributed by atoms with Crippen molar-refractivity contribution in [2.24, 2.45) is 0 Å². The first-order valence-electron chi connectivity index (χ1n) is 10.2. The van der Waals surface area contributed by atoms with Gasteiger partial charge < -0.3 is 19.8 Å². The monoisotopic (exact) mass is 428 g/mol. The van der Waals surface area contributed by atoms with Crippen LogP contribution < -0.4 is 21.9 Å². The van der Waals surface area contributed by atoms with Gasteiger partial charge in [-0.3, -0.25) is 14.3 Å². The van der Waals surface area contributed by atoms with Crippen LogP contribution in [0.2, 0.25) is 0 Å². The van der Waals surface area contributed by atoms with E-state index < -0.39 is 11.2 Å². The quantitative estimate of drug-likeness (QED) is 0.501. The Hall–Kier alpha value is -3.40. The minimum Gasteiger partial charge on any atom is -0.419 e. The Labute approximate surface area is 179 Å². The average Bonchev–Trinajstić information content (AvgIpc) is 3.20. The summed E-state index contributed by atoms with van der Waals surface area (Å²) in [5.74, 6) is 0.814. The molecule has 0 spiro atoms. The van der Waals surface area contributed by atoms with E-state index >= 15 is 0 Å². The highest BCUT2D eigenvalue weighted by Gasteiger charge is 2.21. The number of nitrogens with two attached hydrogens (primary N) is 1. The lowest BCUT2D eigenvalue weighted by atomic mass is 10.1. The van der Waals surface area contributed by atoms with Crippen LogP contribution in [-0.4, -0.2) is 40.0 Å². The van der Waals surface area contributed by atoms with Crippen LogP contribution in [-0.2, 0) is 17.8 Å². The summed E-state index contributed by atoms with van der Waals surface area (Å²) in [6.07, 6.45) is 1.65. The fourth-order valence-electron chi connectivity index (χ4n) is 3.27. The number of aryl methyl sites for hydroxylation is 1. The second-order valence-corrected chi connectivity index (χ2v) is 7.28. The molecule has 3 aromatic rings. The molecule has 0 atom stereocenters. The summed E-state index contributed by atoms with van der Waals surface area (Å²) in [5, 5.41) is 8.25. The number of ether oxygens (including phenoxy) is 1. The minimum atomic E-state index is -0.565. The molecular formula is C21H28N6O4. The van der Waals surface area contributed by atoms with Gasteiger partial charge in [0.1, 0.15) is 11.5 Å². The number of hydrogen-bond acceptors (Lipinski definition) is 8. The topological polar surface area (TPSA) is 132 Å². The molecule has 0 unspecified atom stereocenters. The number of methoxy groups -OCH3 is 1. The molecule has 10 nitrogen and oxygen atoms in total. The zero-order valence-corrected chi connectivity index (χ0v) is 18.1. The van der Waals surface area contributed by atoms with Gasteiger partial charge in [-0.05, 0) is 25.5 Å². The summed E-state index contributed by atoms with van der Waals surface area (Å²) in [6, 6.07) is 7.74. The third kappa shape index (κ3) is 5.21. The van der Waals surface area contributed by atoms with Crippen molar-refractivity contribution < 1.29 is 9.15 Å². The summed E-state index contributed by atoms with van der Waals surface area (Å²) in [5.41, 5.74) is 7.24. The van der Waals surface area contributed by atoms with E-state index in [1.54, 1.807) is 12.0 Å². The number of benzene rings is 1. The predicted molar refractivity (Wildman–Crippen MR) is 118 cm³/mol. The molecule has 10 heteroatoms. The maximum Gasteiger partial charge on any atom is 0.330 e. The fraction of sp³-hybridized carbons (Fsp3) is 0.429. The van der Waals surface area contributed by atoms with Crippen molar-refractivity contribution >= 4 is 11.5 Å². The van der Waals surface area contributed by atoms with Crippen molar-refractivity contribution in [1.82, 2.24) is 19.7 Å². The lowest BCUT2D eigenvalue weighted by Crippen LogP contribution is -2.39. The van der Waals surface area contributed by atoms with Crippen molar-refractivity contribution in [3.63, 3.8) is 0 Å². The zero-order chi connectivity index (χ0) is 22.4. The van der Waals surface area contributed by atoms with Crippen molar-refractivity contribution in [2.75, 3.05) is 30.9 Å². The van der Waals surface area contributed by atoms with Gasteiger partial charge >= 0.3 is 5.69 Å². The number of rotatable bonds is 10. The number of unbranched alkanes of at least 4 members (excludes halogenated alkanes) is 1. The molecule has 2 aromatic heterocycles. The maximum absolute atomic E-state index is 12.6. The largest absolute Gasteiger partial charge is 0.419 e. The highest BCUT2D eigenvalue weighted by molar-refractivity contribution is 5.62. The zero-order valence-electron chi connectivity index (χ0n) is 18.1. The molecule has 1 aromatic carbocycles. The molecule has 0 radical (unpaired) electrons. The molecule has 0 saturated carbocycles. The van der Waals surface area contributed by atoms with E-state index in [4.69, 9.17) is 14.9 Å². The van der Waals surface area contributed by atoms with Crippen LogP contribution >= 0.6 is 0 Å². The van der Waals surface area contributed by atoms with Crippen molar-refractivity contribution in [3.8, 4) is 11.5 Å². The van der Waals surface area contributed by atoms with Gasteiger partial charge in [0.2, 0.25) is 11.8 Å². The third-order valence-corrected chi connectivity index (χ3v) is 4.89. The van der Waals surface area contributed by atoms with Crippen LogP contribution in [0.25, 0.3) is 11.5 Å². The molecule has 3 rings (SSSR count). The summed E-state index contributed by atoms with van der Waals surface area (Å²) < 4.78 is 12.4. The normalized spacial score (nSPS) is 11.1. The minimum absolute atomic E-state index is 0.108. The lowest BCUT2D eigenvalue weighted by molar-refractivity contribution is 0.204. The Morgan fingerprint density at radius 2 is 2.10 bits per heavy atom. The molecule has 166 valence electrons. The predicted octanol–water partition coefficient (Wildman–Crippen LogP) is 1.93. The highest BCUT2D eigenvalue weighted by Crippen LogP contribution is 2.22. The van der Waals surface area contributed by atoms with Crippen LogP contribution in [0.3, 0.4) is 0 Å². The maximum atomic E-state index is 12.6. The van der Waals surface area contributed by atoms with Gasteiger partial charge in [-0.15, -0.1) is 10.2 Å². The molecule has 31 heavy (non-hydrogen) atoms. The molecule has 0 fully saturated rings. The summed E-state index contributed by atoms with van der Waals surface area (Å²) >= 11 is 0. The number of hydrogen-bond donors (Lipinski definition) is 2. The Morgan fingerprint density at radius 1 is 1.29 bits per heavy atom. The first kappa shape index (κ1) is 22.3. The molecular weight excluding hydrogens is 400 g/mol. The Balaban J connectivity index is 1.95. The second-order valence-electron chi connectivity index (χ2n) is 7.28. The van der Waals surface area contributed by atoms with Gasteiger partial charge in [0.15, 0.2) is 0 Å². The van der Waals surface area contributed by atoms with E-state index in [-0.39, 0.29) is 18.1 Å². The van der Waals surface area contributed by atoms with E-state index in [1.165, 1.54) is 4.57 Å². The van der Waals surface area contributed by atoms with E-state index in [1.807, 2.05) is 38.1 Å². The van der Waals surface area contributed by atoms with Crippen molar-refractivity contribution in [3.05, 3.63) is 56.6 Å². The number of anilines is 2. The van der Waals surface area contributed by atoms with Gasteiger partial charge in [0, 0.05) is 25.8 Å². The highest BCUT2D eigenvalue weighted by atomic mass is 16.5. The first-order chi connectivity index (χ1) is 14.9. The number of nitrogen functional groups attached to an aromatic ring is 1. The Kier molecular flexibility index (Phi) is 7.24. The standard InChI is InChI=1S/C21H28N6O4/c1-4-5-9-27-18(22)17(19(28)23-21(27)29)26(10-11-30-3)13-16-24-25-20(31-16)15-8-6-7-14(2)12-15/h6-8,12H,4-5,9-11,13,22H2,1-3H3,(H,23,28,29). The number of nitrogens with zero attached hydrogens (tertiary/aromatic N) is 4. The Bertz CT molecular complexity index is 1130. The molecule has 3 N–H and O–H groups in total. The van der Waals surface area contributed by atoms with Crippen LogP contribution in [0.5, 0.6) is 0 Å². The van der Waals surface area contributed by atoms with Crippen LogP contribution in [0.15, 0.2) is 38.3 Å². The number of aromatic amines is 1. The van der Waals surface area contributed by atoms with Gasteiger partial charge in [-0.1, -0.05) is 31.0 Å². The molecule has 0 saturated heterocycles. The smallest absolute Gasteiger partial charge is 0.330 e. The SMILES string of the molecule is CCCCn1c(N)c(N(CCOC)Cc2nnc(-c3cccc(C)c3)o2)c(=O)[nH]c1=O. The van der Waals surface area contributed by atoms with Crippen LogP contribution in [0.4, 0.5) is 11.5 Å². The van der Waals surface area contributed by atoms with E-state index in [2.05, 4.69) is 15.2 Å². The second kappa shape index (κ2) is 10.1. The van der Waals surface area contributed by atoms with Crippen LogP contribution in [0.1, 0.15) is 31.2 Å². The van der Waals surface area contributed by atoms with E-state index in [0.717, 1.165) is 24.0 Å². The molecule has 0 aliphatic rings. The summed E-state index contributed by atoms with van der Waals surface area (Å²) in [4.78, 5) is 28.9. The summed E-state index contributed by atoms with van der Waals surface area (Å²) in [6.45, 7) is 5.24. The molecule has 0 bridgehead atoms. The third-order valence-electron chi connectivity index (χ3n) is 4.89. The number of H-pyrrole nitrogens is 1. The first-order valence-corrected chi connectivity index (χ1v) is 10.2. The average molecular weight is 428 g/mol. The Morgan fingerprint density at radius 3 is 2.81 bits per heavy atom. The van der Waals surface area contributed by atoms with Crippen molar-refractivity contribution in [1.29, 1.82) is 0 Å². The van der Waals surface area contributed by atoms with Crippen molar-refractivity contribution in [2.45, 2.75) is 39.8 Å². The molecule has 0 aliphatic carbocycles. The van der Waals surface area contributed by atoms with E-state index in [9.17, 15) is 9.59 Å². The van der Waals surface area contributed by atoms with Gasteiger partial charge in [0.05, 0.1) is 13.2 Å². The van der Waals surface area contributed by atoms with Gasteiger partial charge in [-0.2, -0.15) is 0 Å². The van der Waals surface area contributed by atoms with Gasteiger partial charge in [-0.25, -0.2) is 4.79 Å². The molecule has 2 heterocycles. The molecule has 0 aliphatic heterocycles. The number of nitrogens with one attached hydrogen (secondary N) is 1. The summed E-state index contributed by atoms with van der Waals surface area (Å²) in [7, 11) is 1.57. The lowest BCUT2D eigenvalue weighted by Gasteiger charge is -2.24. The van der Waals surface area contributed by atoms with E-state index in [0.29, 0.717) is 31.5 Å². The fourth-order valence-corrected chi connectivity index (χ4v) is 3.27. The van der Waals surface area contributed by atoms with Gasteiger partial charge in [0.25, 0.3) is 5.56 Å². The van der Waals surface area contributed by atoms with Crippen LogP contribution in [0, 0.1) is 6.92 Å².